The van der Waals surface area contributed by atoms with Crippen molar-refractivity contribution in [3.05, 3.63) is 71.3 Å². The highest BCUT2D eigenvalue weighted by Gasteiger charge is 2.24. The zero-order valence-electron chi connectivity index (χ0n) is 18.9. The van der Waals surface area contributed by atoms with Crippen LogP contribution in [0.25, 0.3) is 0 Å². The summed E-state index contributed by atoms with van der Waals surface area (Å²) in [6, 6.07) is 17.3. The van der Waals surface area contributed by atoms with E-state index in [1.54, 1.807) is 21.7 Å². The third kappa shape index (κ3) is 6.33. The number of carbonyl (C=O) groups is 3. The van der Waals surface area contributed by atoms with Gasteiger partial charge in [-0.3, -0.25) is 9.59 Å². The van der Waals surface area contributed by atoms with Crippen LogP contribution in [0.15, 0.2) is 54.6 Å². The summed E-state index contributed by atoms with van der Waals surface area (Å²) in [5, 5.41) is 2.83. The number of aryl methyl sites for hydroxylation is 1. The van der Waals surface area contributed by atoms with Gasteiger partial charge in [0.1, 0.15) is 0 Å². The van der Waals surface area contributed by atoms with E-state index < -0.39 is 0 Å². The summed E-state index contributed by atoms with van der Waals surface area (Å²) in [6.07, 6.45) is 1.19. The maximum absolute atomic E-state index is 12.7. The molecule has 1 fully saturated rings. The number of hydrogen-bond donors (Lipinski definition) is 1. The van der Waals surface area contributed by atoms with E-state index in [9.17, 15) is 14.4 Å². The van der Waals surface area contributed by atoms with Crippen molar-refractivity contribution in [1.29, 1.82) is 0 Å². The van der Waals surface area contributed by atoms with E-state index in [1.165, 1.54) is 5.56 Å². The predicted octanol–water partition coefficient (Wildman–Crippen LogP) is 2.77. The van der Waals surface area contributed by atoms with Gasteiger partial charge in [0.05, 0.1) is 0 Å². The van der Waals surface area contributed by atoms with E-state index in [-0.39, 0.29) is 24.3 Å². The second-order valence-corrected chi connectivity index (χ2v) is 8.05. The Morgan fingerprint density at radius 3 is 2.12 bits per heavy atom. The van der Waals surface area contributed by atoms with Gasteiger partial charge in [-0.15, -0.1) is 0 Å². The lowest BCUT2D eigenvalue weighted by Gasteiger charge is -2.34. The quantitative estimate of drug-likeness (QED) is 0.725. The molecule has 0 radical (unpaired) electrons. The summed E-state index contributed by atoms with van der Waals surface area (Å²) < 4.78 is 0. The molecule has 1 N–H and O–H groups in total. The number of piperazine rings is 1. The monoisotopic (exact) mass is 436 g/mol. The molecule has 1 heterocycles. The molecule has 3 rings (SSSR count). The molecule has 0 aromatic heterocycles. The van der Waals surface area contributed by atoms with Gasteiger partial charge in [0.2, 0.25) is 5.91 Å². The summed E-state index contributed by atoms with van der Waals surface area (Å²) in [5.41, 5.74) is 2.95. The highest BCUT2D eigenvalue weighted by atomic mass is 16.2. The van der Waals surface area contributed by atoms with Gasteiger partial charge in [-0.05, 0) is 29.7 Å². The first kappa shape index (κ1) is 23.3. The van der Waals surface area contributed by atoms with Crippen molar-refractivity contribution >= 4 is 17.8 Å². The second kappa shape index (κ2) is 11.3. The largest absolute Gasteiger partial charge is 0.341 e. The van der Waals surface area contributed by atoms with Crippen molar-refractivity contribution in [1.82, 2.24) is 20.0 Å². The lowest BCUT2D eigenvalue weighted by atomic mass is 10.1. The highest BCUT2D eigenvalue weighted by Crippen LogP contribution is 2.11. The van der Waals surface area contributed by atoms with Crippen molar-refractivity contribution in [3.63, 3.8) is 0 Å². The van der Waals surface area contributed by atoms with Crippen molar-refractivity contribution < 1.29 is 14.4 Å². The molecule has 0 atom stereocenters. The topological polar surface area (TPSA) is 73.0 Å². The van der Waals surface area contributed by atoms with Crippen LogP contribution in [0.1, 0.15) is 34.8 Å². The molecule has 2 aromatic carbocycles. The molecule has 32 heavy (non-hydrogen) atoms. The van der Waals surface area contributed by atoms with E-state index in [1.807, 2.05) is 54.6 Å². The van der Waals surface area contributed by atoms with Gasteiger partial charge in [0.25, 0.3) is 5.91 Å². The normalized spacial score (nSPS) is 13.6. The second-order valence-electron chi connectivity index (χ2n) is 8.05. The Bertz CT molecular complexity index is 907. The fourth-order valence-corrected chi connectivity index (χ4v) is 3.70. The summed E-state index contributed by atoms with van der Waals surface area (Å²) in [5.74, 6) is -0.0154. The van der Waals surface area contributed by atoms with Gasteiger partial charge in [-0.1, -0.05) is 49.4 Å². The Labute approximate surface area is 190 Å². The fourth-order valence-electron chi connectivity index (χ4n) is 3.70. The van der Waals surface area contributed by atoms with Gasteiger partial charge in [0.15, 0.2) is 0 Å². The smallest absolute Gasteiger partial charge is 0.317 e. The van der Waals surface area contributed by atoms with Gasteiger partial charge >= 0.3 is 6.03 Å². The first-order valence-corrected chi connectivity index (χ1v) is 11.2. The molecular weight excluding hydrogens is 404 g/mol. The van der Waals surface area contributed by atoms with Crippen molar-refractivity contribution in [2.75, 3.05) is 39.8 Å². The number of nitrogens with zero attached hydrogens (tertiary/aromatic N) is 3. The van der Waals surface area contributed by atoms with Crippen LogP contribution in [0, 0.1) is 0 Å². The molecule has 0 saturated carbocycles. The number of benzene rings is 2. The molecule has 170 valence electrons. The number of amides is 4. The van der Waals surface area contributed by atoms with Gasteiger partial charge in [-0.25, -0.2) is 4.79 Å². The molecule has 0 unspecified atom stereocenters. The van der Waals surface area contributed by atoms with Gasteiger partial charge in [-0.2, -0.15) is 0 Å². The Morgan fingerprint density at radius 2 is 1.50 bits per heavy atom. The van der Waals surface area contributed by atoms with Crippen LogP contribution in [0.2, 0.25) is 0 Å². The van der Waals surface area contributed by atoms with E-state index in [2.05, 4.69) is 12.2 Å². The molecule has 4 amide bonds. The average molecular weight is 437 g/mol. The third-order valence-electron chi connectivity index (χ3n) is 5.77. The first-order valence-electron chi connectivity index (χ1n) is 11.2. The number of rotatable bonds is 7. The Morgan fingerprint density at radius 1 is 0.875 bits per heavy atom. The lowest BCUT2D eigenvalue weighted by Crippen LogP contribution is -2.53. The SMILES string of the molecule is CCc1ccc(C(=O)N2CCN(C(=O)NCCC(=O)N(C)Cc3ccccc3)CC2)cc1. The number of carbonyl (C=O) groups excluding carboxylic acids is 3. The minimum Gasteiger partial charge on any atom is -0.341 e. The zero-order valence-corrected chi connectivity index (χ0v) is 18.9. The van der Waals surface area contributed by atoms with Crippen LogP contribution in [0.4, 0.5) is 4.79 Å². The minimum absolute atomic E-state index is 0.000221. The van der Waals surface area contributed by atoms with E-state index in [0.717, 1.165) is 12.0 Å². The van der Waals surface area contributed by atoms with E-state index >= 15 is 0 Å². The molecule has 0 aliphatic carbocycles. The lowest BCUT2D eigenvalue weighted by molar-refractivity contribution is -0.130. The predicted molar refractivity (Wildman–Crippen MR) is 124 cm³/mol. The van der Waals surface area contributed by atoms with Crippen LogP contribution in [-0.4, -0.2) is 72.3 Å². The van der Waals surface area contributed by atoms with Crippen LogP contribution in [0.5, 0.6) is 0 Å². The number of hydrogen-bond acceptors (Lipinski definition) is 3. The van der Waals surface area contributed by atoms with Crippen LogP contribution in [-0.2, 0) is 17.8 Å². The molecule has 0 spiro atoms. The number of nitrogens with one attached hydrogen (secondary N) is 1. The summed E-state index contributed by atoms with van der Waals surface area (Å²) in [6.45, 7) is 4.88. The van der Waals surface area contributed by atoms with Crippen LogP contribution in [0.3, 0.4) is 0 Å². The van der Waals surface area contributed by atoms with Crippen molar-refractivity contribution in [2.45, 2.75) is 26.3 Å². The molecule has 0 bridgehead atoms. The van der Waals surface area contributed by atoms with Crippen molar-refractivity contribution in [2.24, 2.45) is 0 Å². The van der Waals surface area contributed by atoms with Gasteiger partial charge in [0, 0.05) is 58.3 Å². The van der Waals surface area contributed by atoms with E-state index in [4.69, 9.17) is 0 Å². The standard InChI is InChI=1S/C25H32N4O3/c1-3-20-9-11-22(12-10-20)24(31)28-15-17-29(18-16-28)25(32)26-14-13-23(30)27(2)19-21-7-5-4-6-8-21/h4-12H,3,13-19H2,1-2H3,(H,26,32). The zero-order chi connectivity index (χ0) is 22.9. The molecule has 2 aromatic rings. The summed E-state index contributed by atoms with van der Waals surface area (Å²) >= 11 is 0. The summed E-state index contributed by atoms with van der Waals surface area (Å²) in [7, 11) is 1.77. The third-order valence-corrected chi connectivity index (χ3v) is 5.77. The Kier molecular flexibility index (Phi) is 8.25. The molecule has 1 saturated heterocycles. The number of urea groups is 1. The first-order chi connectivity index (χ1) is 15.5. The van der Waals surface area contributed by atoms with E-state index in [0.29, 0.717) is 44.8 Å². The maximum Gasteiger partial charge on any atom is 0.317 e. The molecular formula is C25H32N4O3. The van der Waals surface area contributed by atoms with Crippen LogP contribution >= 0.6 is 0 Å². The molecule has 1 aliphatic rings. The molecule has 7 heteroatoms. The van der Waals surface area contributed by atoms with Crippen molar-refractivity contribution in [3.8, 4) is 0 Å². The highest BCUT2D eigenvalue weighted by molar-refractivity contribution is 5.94. The Balaban J connectivity index is 1.37. The summed E-state index contributed by atoms with van der Waals surface area (Å²) in [4.78, 5) is 42.6. The van der Waals surface area contributed by atoms with Gasteiger partial charge < -0.3 is 20.0 Å². The fraction of sp³-hybridized carbons (Fsp3) is 0.400. The van der Waals surface area contributed by atoms with Crippen LogP contribution < -0.4 is 5.32 Å². The molecule has 1 aliphatic heterocycles. The Hall–Kier alpha value is -3.35. The average Bonchev–Trinajstić information content (AvgIpc) is 2.84. The maximum atomic E-state index is 12.7. The molecule has 7 nitrogen and oxygen atoms in total. The minimum atomic E-state index is -0.192.